The SMILES string of the molecule is COC(=O)C1CN(C(=O)Oc2ccccc2)C[C@H]1Cc1cccc(OCCc2noc(-c3ccccc3)n2)c1. The number of ether oxygens (including phenoxy) is 3. The first-order chi connectivity index (χ1) is 19.1. The Morgan fingerprint density at radius 1 is 0.949 bits per heavy atom. The summed E-state index contributed by atoms with van der Waals surface area (Å²) in [5.41, 5.74) is 1.87. The summed E-state index contributed by atoms with van der Waals surface area (Å²) in [7, 11) is 1.37. The molecule has 9 nitrogen and oxygen atoms in total. The minimum atomic E-state index is -0.480. The van der Waals surface area contributed by atoms with Gasteiger partial charge in [0.05, 0.1) is 19.6 Å². The van der Waals surface area contributed by atoms with E-state index in [1.807, 2.05) is 60.7 Å². The van der Waals surface area contributed by atoms with Gasteiger partial charge in [-0.3, -0.25) is 4.79 Å². The van der Waals surface area contributed by atoms with Crippen LogP contribution in [0.4, 0.5) is 4.79 Å². The lowest BCUT2D eigenvalue weighted by Crippen LogP contribution is -2.32. The summed E-state index contributed by atoms with van der Waals surface area (Å²) in [6.45, 7) is 1.01. The van der Waals surface area contributed by atoms with Crippen LogP contribution in [0.25, 0.3) is 11.5 Å². The molecule has 0 radical (unpaired) electrons. The summed E-state index contributed by atoms with van der Waals surface area (Å²) < 4.78 is 21.8. The molecule has 4 aromatic rings. The van der Waals surface area contributed by atoms with Crippen molar-refractivity contribution in [2.45, 2.75) is 12.8 Å². The number of rotatable bonds is 9. The van der Waals surface area contributed by atoms with Crippen molar-refractivity contribution in [2.24, 2.45) is 11.8 Å². The van der Waals surface area contributed by atoms with Gasteiger partial charge in [-0.15, -0.1) is 0 Å². The number of esters is 1. The molecule has 1 aliphatic heterocycles. The van der Waals surface area contributed by atoms with Gasteiger partial charge in [0.2, 0.25) is 0 Å². The van der Waals surface area contributed by atoms with Gasteiger partial charge in [-0.25, -0.2) is 4.79 Å². The van der Waals surface area contributed by atoms with Gasteiger partial charge in [0.15, 0.2) is 5.82 Å². The Bertz CT molecular complexity index is 1390. The van der Waals surface area contributed by atoms with Crippen molar-refractivity contribution in [2.75, 3.05) is 26.8 Å². The fourth-order valence-electron chi connectivity index (χ4n) is 4.68. The van der Waals surface area contributed by atoms with E-state index in [-0.39, 0.29) is 18.4 Å². The second-order valence-corrected chi connectivity index (χ2v) is 9.31. The third-order valence-corrected chi connectivity index (χ3v) is 6.63. The number of amides is 1. The quantitative estimate of drug-likeness (QED) is 0.286. The molecule has 9 heteroatoms. The Labute approximate surface area is 226 Å². The van der Waals surface area contributed by atoms with E-state index in [1.165, 1.54) is 7.11 Å². The molecule has 1 saturated heterocycles. The summed E-state index contributed by atoms with van der Waals surface area (Å²) in [6, 6.07) is 26.2. The summed E-state index contributed by atoms with van der Waals surface area (Å²) in [4.78, 5) is 31.3. The first-order valence-corrected chi connectivity index (χ1v) is 12.8. The summed E-state index contributed by atoms with van der Waals surface area (Å²) >= 11 is 0. The van der Waals surface area contributed by atoms with Crippen LogP contribution in [-0.4, -0.2) is 53.9 Å². The Kier molecular flexibility index (Phi) is 8.16. The van der Waals surface area contributed by atoms with Crippen LogP contribution in [0.2, 0.25) is 0 Å². The second kappa shape index (κ2) is 12.3. The number of methoxy groups -OCH3 is 1. The van der Waals surface area contributed by atoms with E-state index in [0.717, 1.165) is 11.1 Å². The minimum Gasteiger partial charge on any atom is -0.493 e. The monoisotopic (exact) mass is 527 g/mol. The molecule has 3 aromatic carbocycles. The van der Waals surface area contributed by atoms with Crippen LogP contribution in [0.15, 0.2) is 89.5 Å². The minimum absolute atomic E-state index is 0.119. The largest absolute Gasteiger partial charge is 0.493 e. The number of para-hydroxylation sites is 1. The van der Waals surface area contributed by atoms with Crippen LogP contribution < -0.4 is 9.47 Å². The van der Waals surface area contributed by atoms with Crippen LogP contribution in [0.1, 0.15) is 11.4 Å². The molecule has 0 N–H and O–H groups in total. The second-order valence-electron chi connectivity index (χ2n) is 9.31. The smallest absolute Gasteiger partial charge is 0.415 e. The van der Waals surface area contributed by atoms with Crippen LogP contribution in [0.3, 0.4) is 0 Å². The molecule has 0 aliphatic carbocycles. The molecule has 1 unspecified atom stereocenters. The maximum atomic E-state index is 12.8. The number of hydrogen-bond donors (Lipinski definition) is 0. The lowest BCUT2D eigenvalue weighted by atomic mass is 9.89. The molecule has 1 aromatic heterocycles. The Morgan fingerprint density at radius 3 is 2.46 bits per heavy atom. The molecular formula is C30H29N3O6. The average molecular weight is 528 g/mol. The molecule has 39 heavy (non-hydrogen) atoms. The highest BCUT2D eigenvalue weighted by Gasteiger charge is 2.41. The molecule has 5 rings (SSSR count). The first kappa shape index (κ1) is 26.0. The maximum Gasteiger partial charge on any atom is 0.415 e. The molecule has 1 fully saturated rings. The van der Waals surface area contributed by atoms with Crippen molar-refractivity contribution in [3.63, 3.8) is 0 Å². The lowest BCUT2D eigenvalue weighted by Gasteiger charge is -2.17. The van der Waals surface area contributed by atoms with Crippen molar-refractivity contribution in [3.8, 4) is 23.0 Å². The predicted molar refractivity (Wildman–Crippen MR) is 142 cm³/mol. The first-order valence-electron chi connectivity index (χ1n) is 12.8. The van der Waals surface area contributed by atoms with E-state index in [4.69, 9.17) is 18.7 Å². The maximum absolute atomic E-state index is 12.8. The Morgan fingerprint density at radius 2 is 1.69 bits per heavy atom. The van der Waals surface area contributed by atoms with E-state index in [0.29, 0.717) is 49.2 Å². The summed E-state index contributed by atoms with van der Waals surface area (Å²) in [5, 5.41) is 4.04. The third-order valence-electron chi connectivity index (χ3n) is 6.63. The van der Waals surface area contributed by atoms with Gasteiger partial charge >= 0.3 is 12.1 Å². The molecule has 1 amide bonds. The average Bonchev–Trinajstić information content (AvgIpc) is 3.62. The molecule has 0 spiro atoms. The van der Waals surface area contributed by atoms with E-state index in [2.05, 4.69) is 10.1 Å². The van der Waals surface area contributed by atoms with Crippen molar-refractivity contribution in [1.82, 2.24) is 15.0 Å². The molecule has 0 bridgehead atoms. The van der Waals surface area contributed by atoms with E-state index < -0.39 is 12.0 Å². The molecular weight excluding hydrogens is 498 g/mol. The van der Waals surface area contributed by atoms with Crippen LogP contribution >= 0.6 is 0 Å². The topological polar surface area (TPSA) is 104 Å². The lowest BCUT2D eigenvalue weighted by molar-refractivity contribution is -0.146. The van der Waals surface area contributed by atoms with E-state index >= 15 is 0 Å². The van der Waals surface area contributed by atoms with Gasteiger partial charge in [-0.2, -0.15) is 4.98 Å². The fraction of sp³-hybridized carbons (Fsp3) is 0.267. The molecule has 0 saturated carbocycles. The Balaban J connectivity index is 1.18. The zero-order chi connectivity index (χ0) is 27.0. The number of carbonyl (C=O) groups is 2. The van der Waals surface area contributed by atoms with Gasteiger partial charge in [-0.05, 0) is 54.3 Å². The van der Waals surface area contributed by atoms with Crippen LogP contribution in [0.5, 0.6) is 11.5 Å². The van der Waals surface area contributed by atoms with Crippen molar-refractivity contribution < 1.29 is 28.3 Å². The highest BCUT2D eigenvalue weighted by Crippen LogP contribution is 2.30. The third kappa shape index (κ3) is 6.62. The standard InChI is InChI=1S/C30H29N3O6/c1-36-29(34)26-20-33(30(35)38-24-12-6-3-7-13-24)19-23(26)17-21-9-8-14-25(18-21)37-16-15-27-31-28(39-32-27)22-10-4-2-5-11-22/h2-14,18,23,26H,15-17,19-20H2,1H3/t23-,26?/m1/s1. The van der Waals surface area contributed by atoms with E-state index in [9.17, 15) is 9.59 Å². The normalized spacial score (nSPS) is 16.6. The number of likely N-dealkylation sites (tertiary alicyclic amines) is 1. The van der Waals surface area contributed by atoms with Crippen LogP contribution in [0, 0.1) is 11.8 Å². The Hall–Kier alpha value is -4.66. The van der Waals surface area contributed by atoms with Crippen molar-refractivity contribution in [3.05, 3.63) is 96.3 Å². The van der Waals surface area contributed by atoms with Gasteiger partial charge in [0.25, 0.3) is 5.89 Å². The zero-order valence-electron chi connectivity index (χ0n) is 21.6. The van der Waals surface area contributed by atoms with Crippen LogP contribution in [-0.2, 0) is 22.4 Å². The van der Waals surface area contributed by atoms with Crippen molar-refractivity contribution in [1.29, 1.82) is 0 Å². The van der Waals surface area contributed by atoms with Gasteiger partial charge in [0, 0.05) is 25.1 Å². The molecule has 200 valence electrons. The number of carbonyl (C=O) groups excluding carboxylic acids is 2. The molecule has 2 heterocycles. The number of benzene rings is 3. The fourth-order valence-corrected chi connectivity index (χ4v) is 4.68. The summed E-state index contributed by atoms with van der Waals surface area (Å²) in [6.07, 6.45) is 0.593. The number of hydrogen-bond acceptors (Lipinski definition) is 8. The highest BCUT2D eigenvalue weighted by molar-refractivity contribution is 5.77. The van der Waals surface area contributed by atoms with Gasteiger partial charge < -0.3 is 23.6 Å². The molecule has 1 aliphatic rings. The highest BCUT2D eigenvalue weighted by atomic mass is 16.6. The summed E-state index contributed by atoms with van der Waals surface area (Å²) in [5.74, 6) is 1.31. The van der Waals surface area contributed by atoms with Gasteiger partial charge in [-0.1, -0.05) is 53.7 Å². The number of aromatic nitrogens is 2. The van der Waals surface area contributed by atoms with Crippen molar-refractivity contribution >= 4 is 12.1 Å². The van der Waals surface area contributed by atoms with Gasteiger partial charge in [0.1, 0.15) is 11.5 Å². The van der Waals surface area contributed by atoms with E-state index in [1.54, 1.807) is 29.2 Å². The zero-order valence-corrected chi connectivity index (χ0v) is 21.6. The predicted octanol–water partition coefficient (Wildman–Crippen LogP) is 4.82. The molecule has 2 atom stereocenters. The number of nitrogens with zero attached hydrogens (tertiary/aromatic N) is 3.